The van der Waals surface area contributed by atoms with Crippen LogP contribution < -0.4 is 0 Å². The molecule has 0 spiro atoms. The molecule has 1 aromatic rings. The summed E-state index contributed by atoms with van der Waals surface area (Å²) in [4.78, 5) is 1.15. The molecule has 1 fully saturated rings. The molecule has 0 saturated heterocycles. The molecule has 3 heteroatoms. The van der Waals surface area contributed by atoms with Gasteiger partial charge >= 0.3 is 0 Å². The molecule has 1 saturated carbocycles. The fraction of sp³-hybridized carbons (Fsp3) is 0.444. The van der Waals surface area contributed by atoms with Crippen LogP contribution in [0.3, 0.4) is 0 Å². The third-order valence-electron chi connectivity index (χ3n) is 5.98. The van der Waals surface area contributed by atoms with Gasteiger partial charge in [-0.2, -0.15) is 0 Å². The second-order valence-electron chi connectivity index (χ2n) is 6.90. The molecule has 4 atom stereocenters. The molecule has 5 rings (SSSR count). The van der Waals surface area contributed by atoms with E-state index in [4.69, 9.17) is 0 Å². The maximum Gasteiger partial charge on any atom is 0.203 e. The van der Waals surface area contributed by atoms with Crippen LogP contribution in [-0.2, 0) is 9.84 Å². The molecule has 108 valence electrons. The van der Waals surface area contributed by atoms with Crippen molar-refractivity contribution in [1.82, 2.24) is 0 Å². The number of hydrogen-bond acceptors (Lipinski definition) is 2. The molecule has 4 aliphatic carbocycles. The number of allylic oxidation sites excluding steroid dienone is 4. The van der Waals surface area contributed by atoms with E-state index in [9.17, 15) is 8.42 Å². The standard InChI is InChI=1S/C18H18O2S/c19-21(20,14-4-2-1-3-5-14)16-10-13-9-15(16)18-12-7-6-11(8-12)17(13)18/h1-5,10-13,15H,6-9H2/t11-,12-,13+,15-/m1/s1. The molecule has 1 aromatic carbocycles. The molecule has 4 aliphatic rings. The third-order valence-corrected chi connectivity index (χ3v) is 7.92. The molecule has 0 aliphatic heterocycles. The van der Waals surface area contributed by atoms with Crippen LogP contribution in [0.15, 0.2) is 57.4 Å². The zero-order chi connectivity index (χ0) is 14.2. The minimum absolute atomic E-state index is 0.200. The molecule has 0 amide bonds. The molecular formula is C18H18O2S. The minimum atomic E-state index is -3.30. The molecule has 0 unspecified atom stereocenters. The van der Waals surface area contributed by atoms with E-state index < -0.39 is 9.84 Å². The molecule has 0 radical (unpaired) electrons. The fourth-order valence-corrected chi connectivity index (χ4v) is 7.01. The van der Waals surface area contributed by atoms with Gasteiger partial charge in [-0.25, -0.2) is 8.42 Å². The van der Waals surface area contributed by atoms with Crippen LogP contribution in [-0.4, -0.2) is 8.42 Å². The number of rotatable bonds is 2. The summed E-state index contributed by atoms with van der Waals surface area (Å²) in [5.41, 5.74) is 3.18. The van der Waals surface area contributed by atoms with Gasteiger partial charge in [-0.05, 0) is 49.7 Å². The lowest BCUT2D eigenvalue weighted by atomic mass is 9.85. The Bertz CT molecular complexity index is 786. The van der Waals surface area contributed by atoms with Crippen LogP contribution in [0.5, 0.6) is 0 Å². The summed E-state index contributed by atoms with van der Waals surface area (Å²) in [5.74, 6) is 2.09. The summed E-state index contributed by atoms with van der Waals surface area (Å²) < 4.78 is 25.9. The highest BCUT2D eigenvalue weighted by molar-refractivity contribution is 7.95. The first-order valence-electron chi connectivity index (χ1n) is 7.92. The van der Waals surface area contributed by atoms with Gasteiger partial charge in [-0.3, -0.25) is 0 Å². The molecule has 4 bridgehead atoms. The smallest absolute Gasteiger partial charge is 0.203 e. The Morgan fingerprint density at radius 1 is 0.905 bits per heavy atom. The van der Waals surface area contributed by atoms with Crippen LogP contribution in [0.25, 0.3) is 0 Å². The lowest BCUT2D eigenvalue weighted by Crippen LogP contribution is -2.17. The lowest BCUT2D eigenvalue weighted by molar-refractivity contribution is 0.548. The molecular weight excluding hydrogens is 280 g/mol. The lowest BCUT2D eigenvalue weighted by Gasteiger charge is -2.24. The van der Waals surface area contributed by atoms with Crippen molar-refractivity contribution >= 4 is 9.84 Å². The molecule has 0 heterocycles. The molecule has 21 heavy (non-hydrogen) atoms. The Morgan fingerprint density at radius 3 is 2.38 bits per heavy atom. The van der Waals surface area contributed by atoms with Crippen LogP contribution in [0.1, 0.15) is 25.7 Å². The normalized spacial score (nSPS) is 36.3. The van der Waals surface area contributed by atoms with Gasteiger partial charge in [0.15, 0.2) is 0 Å². The largest absolute Gasteiger partial charge is 0.219 e. The molecule has 2 nitrogen and oxygen atoms in total. The van der Waals surface area contributed by atoms with Crippen LogP contribution in [0.2, 0.25) is 0 Å². The SMILES string of the molecule is O=S(=O)(C1=C[C@@H]2C[C@H]1C1=C2[C@@H]2CC[C@@H]1C2)c1ccccc1. The Labute approximate surface area is 125 Å². The van der Waals surface area contributed by atoms with Crippen molar-refractivity contribution in [2.24, 2.45) is 23.7 Å². The Hall–Kier alpha value is -1.35. The van der Waals surface area contributed by atoms with E-state index in [0.29, 0.717) is 21.6 Å². The Balaban J connectivity index is 1.58. The van der Waals surface area contributed by atoms with Gasteiger partial charge in [0.2, 0.25) is 9.84 Å². The monoisotopic (exact) mass is 298 g/mol. The number of hydrogen-bond donors (Lipinski definition) is 0. The van der Waals surface area contributed by atoms with E-state index in [2.05, 4.69) is 6.08 Å². The quantitative estimate of drug-likeness (QED) is 0.616. The number of sulfone groups is 1. The highest BCUT2D eigenvalue weighted by atomic mass is 32.2. The summed E-state index contributed by atoms with van der Waals surface area (Å²) in [7, 11) is -3.30. The van der Waals surface area contributed by atoms with E-state index in [-0.39, 0.29) is 5.92 Å². The van der Waals surface area contributed by atoms with Crippen molar-refractivity contribution in [3.8, 4) is 0 Å². The summed E-state index contributed by atoms with van der Waals surface area (Å²) >= 11 is 0. The predicted molar refractivity (Wildman–Crippen MR) is 81.2 cm³/mol. The number of fused-ring (bicyclic) bond motifs is 8. The first kappa shape index (κ1) is 12.2. The van der Waals surface area contributed by atoms with Crippen molar-refractivity contribution < 1.29 is 8.42 Å². The third kappa shape index (κ3) is 1.45. The predicted octanol–water partition coefficient (Wildman–Crippen LogP) is 3.72. The highest BCUT2D eigenvalue weighted by Gasteiger charge is 2.53. The maximum atomic E-state index is 12.9. The molecule has 0 N–H and O–H groups in total. The topological polar surface area (TPSA) is 34.1 Å². The first-order valence-corrected chi connectivity index (χ1v) is 9.40. The van der Waals surface area contributed by atoms with Gasteiger partial charge in [0, 0.05) is 11.8 Å². The van der Waals surface area contributed by atoms with Crippen LogP contribution >= 0.6 is 0 Å². The van der Waals surface area contributed by atoms with E-state index in [1.165, 1.54) is 24.8 Å². The van der Waals surface area contributed by atoms with Crippen molar-refractivity contribution in [3.63, 3.8) is 0 Å². The van der Waals surface area contributed by atoms with Gasteiger partial charge in [-0.15, -0.1) is 0 Å². The van der Waals surface area contributed by atoms with E-state index in [1.54, 1.807) is 17.7 Å². The maximum absolute atomic E-state index is 12.9. The fourth-order valence-electron chi connectivity index (χ4n) is 5.28. The second-order valence-corrected chi connectivity index (χ2v) is 8.85. The zero-order valence-corrected chi connectivity index (χ0v) is 12.6. The minimum Gasteiger partial charge on any atom is -0.219 e. The highest BCUT2D eigenvalue weighted by Crippen LogP contribution is 2.64. The average molecular weight is 298 g/mol. The Morgan fingerprint density at radius 2 is 1.62 bits per heavy atom. The molecule has 0 aromatic heterocycles. The van der Waals surface area contributed by atoms with E-state index >= 15 is 0 Å². The zero-order valence-electron chi connectivity index (χ0n) is 11.8. The van der Waals surface area contributed by atoms with Gasteiger partial charge < -0.3 is 0 Å². The van der Waals surface area contributed by atoms with Crippen LogP contribution in [0.4, 0.5) is 0 Å². The van der Waals surface area contributed by atoms with Gasteiger partial charge in [0.1, 0.15) is 0 Å². The van der Waals surface area contributed by atoms with Crippen molar-refractivity contribution in [2.45, 2.75) is 30.6 Å². The van der Waals surface area contributed by atoms with Crippen LogP contribution in [0, 0.1) is 23.7 Å². The summed E-state index contributed by atoms with van der Waals surface area (Å²) in [6, 6.07) is 8.92. The Kier molecular flexibility index (Phi) is 2.26. The van der Waals surface area contributed by atoms with Crippen molar-refractivity contribution in [1.29, 1.82) is 0 Å². The van der Waals surface area contributed by atoms with Gasteiger partial charge in [0.25, 0.3) is 0 Å². The van der Waals surface area contributed by atoms with E-state index in [1.807, 2.05) is 18.2 Å². The summed E-state index contributed by atoms with van der Waals surface area (Å²) in [6.45, 7) is 0. The number of benzene rings is 1. The van der Waals surface area contributed by atoms with Crippen molar-refractivity contribution in [2.75, 3.05) is 0 Å². The van der Waals surface area contributed by atoms with Gasteiger partial charge in [-0.1, -0.05) is 35.4 Å². The van der Waals surface area contributed by atoms with Gasteiger partial charge in [0.05, 0.1) is 9.80 Å². The first-order chi connectivity index (χ1) is 10.2. The summed E-state index contributed by atoms with van der Waals surface area (Å²) in [5, 5.41) is 0. The van der Waals surface area contributed by atoms with Crippen molar-refractivity contribution in [3.05, 3.63) is 52.5 Å². The summed E-state index contributed by atoms with van der Waals surface area (Å²) in [6.07, 6.45) is 7.02. The van der Waals surface area contributed by atoms with E-state index in [0.717, 1.165) is 12.3 Å². The second kappa shape index (κ2) is 3.89. The average Bonchev–Trinajstić information content (AvgIpc) is 3.26.